The van der Waals surface area contributed by atoms with Gasteiger partial charge in [0, 0.05) is 39.3 Å². The van der Waals surface area contributed by atoms with Gasteiger partial charge in [0.25, 0.3) is 10.0 Å². The first-order valence-electron chi connectivity index (χ1n) is 7.78. The minimum atomic E-state index is -3.45. The zero-order valence-corrected chi connectivity index (χ0v) is 15.0. The predicted molar refractivity (Wildman–Crippen MR) is 89.2 cm³/mol. The summed E-state index contributed by atoms with van der Waals surface area (Å²) in [6.07, 6.45) is 0. The number of carbonyl (C=O) groups excluding carboxylic acids is 2. The van der Waals surface area contributed by atoms with Gasteiger partial charge in [-0.3, -0.25) is 14.6 Å². The number of urea groups is 1. The van der Waals surface area contributed by atoms with Crippen LogP contribution in [0.3, 0.4) is 0 Å². The number of nitrogens with one attached hydrogen (secondary N) is 1. The van der Waals surface area contributed by atoms with Crippen molar-refractivity contribution in [2.75, 3.05) is 39.3 Å². The number of carbonyl (C=O) groups is 2. The first-order valence-corrected chi connectivity index (χ1v) is 10.1. The highest BCUT2D eigenvalue weighted by Gasteiger charge is 2.36. The molecule has 1 N–H and O–H groups in total. The summed E-state index contributed by atoms with van der Waals surface area (Å²) in [4.78, 5) is 27.2. The molecule has 2 fully saturated rings. The lowest BCUT2D eigenvalue weighted by molar-refractivity contribution is -0.133. The lowest BCUT2D eigenvalue weighted by Crippen LogP contribution is -2.55. The molecule has 3 heterocycles. The molecule has 10 heteroatoms. The summed E-state index contributed by atoms with van der Waals surface area (Å²) < 4.78 is 26.8. The fourth-order valence-electron chi connectivity index (χ4n) is 2.93. The number of rotatable bonds is 4. The molecular formula is C14H20N4O4S2. The molecular weight excluding hydrogens is 352 g/mol. The second-order valence-electron chi connectivity index (χ2n) is 5.77. The van der Waals surface area contributed by atoms with Crippen LogP contribution in [0.4, 0.5) is 4.79 Å². The molecule has 0 saturated carbocycles. The fraction of sp³-hybridized carbons (Fsp3) is 0.571. The lowest BCUT2D eigenvalue weighted by atomic mass is 10.2. The van der Waals surface area contributed by atoms with Crippen LogP contribution in [0.1, 0.15) is 6.92 Å². The number of hydrogen-bond acceptors (Lipinski definition) is 6. The van der Waals surface area contributed by atoms with E-state index < -0.39 is 16.1 Å². The zero-order chi connectivity index (χ0) is 17.3. The summed E-state index contributed by atoms with van der Waals surface area (Å²) >= 11 is 1.20. The van der Waals surface area contributed by atoms with Crippen molar-refractivity contribution in [2.24, 2.45) is 0 Å². The van der Waals surface area contributed by atoms with Crippen molar-refractivity contribution in [3.8, 4) is 0 Å². The Morgan fingerprint density at radius 3 is 2.50 bits per heavy atom. The van der Waals surface area contributed by atoms with Gasteiger partial charge in [-0.15, -0.1) is 11.3 Å². The molecule has 0 radical (unpaired) electrons. The van der Waals surface area contributed by atoms with E-state index in [9.17, 15) is 18.0 Å². The van der Waals surface area contributed by atoms with Crippen molar-refractivity contribution < 1.29 is 18.0 Å². The molecule has 24 heavy (non-hydrogen) atoms. The van der Waals surface area contributed by atoms with Crippen LogP contribution >= 0.6 is 11.3 Å². The third-order valence-electron chi connectivity index (χ3n) is 4.39. The van der Waals surface area contributed by atoms with Gasteiger partial charge in [0.15, 0.2) is 0 Å². The molecule has 132 valence electrons. The summed E-state index contributed by atoms with van der Waals surface area (Å²) in [5.41, 5.74) is 0. The molecule has 0 aliphatic carbocycles. The van der Waals surface area contributed by atoms with E-state index in [0.29, 0.717) is 43.5 Å². The van der Waals surface area contributed by atoms with E-state index in [-0.39, 0.29) is 11.9 Å². The van der Waals surface area contributed by atoms with Gasteiger partial charge >= 0.3 is 6.03 Å². The molecule has 0 bridgehead atoms. The predicted octanol–water partition coefficient (Wildman–Crippen LogP) is -0.00530. The average Bonchev–Trinajstić information content (AvgIpc) is 3.25. The van der Waals surface area contributed by atoms with Crippen molar-refractivity contribution in [2.45, 2.75) is 17.2 Å². The number of imide groups is 1. The van der Waals surface area contributed by atoms with Crippen LogP contribution in [0.2, 0.25) is 0 Å². The Balaban J connectivity index is 1.61. The highest BCUT2D eigenvalue weighted by Crippen LogP contribution is 2.22. The summed E-state index contributed by atoms with van der Waals surface area (Å²) in [6, 6.07) is 2.52. The van der Waals surface area contributed by atoms with Gasteiger partial charge in [0.1, 0.15) is 4.21 Å². The second-order valence-corrected chi connectivity index (χ2v) is 8.88. The molecule has 3 rings (SSSR count). The maximum Gasteiger partial charge on any atom is 0.324 e. The second kappa shape index (κ2) is 6.79. The van der Waals surface area contributed by atoms with Gasteiger partial charge in [-0.2, -0.15) is 4.31 Å². The monoisotopic (exact) mass is 372 g/mol. The van der Waals surface area contributed by atoms with Crippen LogP contribution in [0.15, 0.2) is 21.7 Å². The highest BCUT2D eigenvalue weighted by atomic mass is 32.2. The number of amides is 3. The summed E-state index contributed by atoms with van der Waals surface area (Å²) in [6.45, 7) is 4.23. The normalized spacial score (nSPS) is 21.7. The number of hydrogen-bond donors (Lipinski definition) is 1. The van der Waals surface area contributed by atoms with Crippen LogP contribution in [0.5, 0.6) is 0 Å². The van der Waals surface area contributed by atoms with Crippen molar-refractivity contribution in [1.82, 2.24) is 19.4 Å². The highest BCUT2D eigenvalue weighted by molar-refractivity contribution is 7.91. The molecule has 0 spiro atoms. The Morgan fingerprint density at radius 1 is 1.25 bits per heavy atom. The molecule has 1 atom stereocenters. The van der Waals surface area contributed by atoms with Crippen LogP contribution in [0, 0.1) is 0 Å². The van der Waals surface area contributed by atoms with Crippen molar-refractivity contribution in [3.63, 3.8) is 0 Å². The number of nitrogens with zero attached hydrogens (tertiary/aromatic N) is 3. The van der Waals surface area contributed by atoms with E-state index >= 15 is 0 Å². The molecule has 0 unspecified atom stereocenters. The number of piperazine rings is 1. The zero-order valence-electron chi connectivity index (χ0n) is 13.3. The van der Waals surface area contributed by atoms with E-state index in [1.54, 1.807) is 24.4 Å². The molecule has 0 aromatic carbocycles. The molecule has 1 aromatic heterocycles. The smallest absolute Gasteiger partial charge is 0.324 e. The topological polar surface area (TPSA) is 90.0 Å². The third kappa shape index (κ3) is 3.18. The van der Waals surface area contributed by atoms with E-state index in [0.717, 1.165) is 0 Å². The van der Waals surface area contributed by atoms with Gasteiger partial charge in [-0.25, -0.2) is 13.2 Å². The summed E-state index contributed by atoms with van der Waals surface area (Å²) in [5, 5.41) is 4.35. The Labute approximate surface area is 145 Å². The standard InChI is InChI=1S/C14H20N4O4S2/c1-11(13(19)18-5-4-15-14(18)20)16-6-8-17(9-7-16)24(21,22)12-3-2-10-23-12/h2-3,10-11H,4-9H2,1H3,(H,15,20)/t11-/m0/s1. The van der Waals surface area contributed by atoms with E-state index in [2.05, 4.69) is 5.32 Å². The Kier molecular flexibility index (Phi) is 4.90. The SMILES string of the molecule is C[C@@H](C(=O)N1CCNC1=O)N1CCN(S(=O)(=O)c2cccs2)CC1. The van der Waals surface area contributed by atoms with Gasteiger partial charge in [-0.1, -0.05) is 6.07 Å². The Morgan fingerprint density at radius 2 is 1.96 bits per heavy atom. The van der Waals surface area contributed by atoms with Gasteiger partial charge in [0.05, 0.1) is 6.04 Å². The Hall–Kier alpha value is -1.49. The van der Waals surface area contributed by atoms with Gasteiger partial charge in [-0.05, 0) is 18.4 Å². The van der Waals surface area contributed by atoms with E-state index in [1.165, 1.54) is 20.5 Å². The minimum Gasteiger partial charge on any atom is -0.336 e. The maximum absolute atomic E-state index is 12.5. The van der Waals surface area contributed by atoms with Crippen LogP contribution in [0.25, 0.3) is 0 Å². The van der Waals surface area contributed by atoms with Crippen molar-refractivity contribution in [1.29, 1.82) is 0 Å². The van der Waals surface area contributed by atoms with Gasteiger partial charge < -0.3 is 5.32 Å². The largest absolute Gasteiger partial charge is 0.336 e. The van der Waals surface area contributed by atoms with E-state index in [4.69, 9.17) is 0 Å². The molecule has 1 aromatic rings. The minimum absolute atomic E-state index is 0.237. The summed E-state index contributed by atoms with van der Waals surface area (Å²) in [7, 11) is -3.45. The van der Waals surface area contributed by atoms with E-state index in [1.807, 2.05) is 4.90 Å². The first-order chi connectivity index (χ1) is 11.4. The molecule has 2 aliphatic heterocycles. The molecule has 2 aliphatic rings. The lowest BCUT2D eigenvalue weighted by Gasteiger charge is -2.37. The fourth-order valence-corrected chi connectivity index (χ4v) is 5.50. The van der Waals surface area contributed by atoms with Crippen molar-refractivity contribution >= 4 is 33.3 Å². The molecule has 2 saturated heterocycles. The number of sulfonamides is 1. The Bertz CT molecular complexity index is 711. The summed E-state index contributed by atoms with van der Waals surface area (Å²) in [5.74, 6) is -0.237. The third-order valence-corrected chi connectivity index (χ3v) is 7.66. The average molecular weight is 372 g/mol. The molecule has 3 amide bonds. The quantitative estimate of drug-likeness (QED) is 0.803. The maximum atomic E-state index is 12.5. The van der Waals surface area contributed by atoms with Crippen LogP contribution in [-0.2, 0) is 14.8 Å². The first kappa shape index (κ1) is 17.3. The van der Waals surface area contributed by atoms with Crippen molar-refractivity contribution in [3.05, 3.63) is 17.5 Å². The van der Waals surface area contributed by atoms with Crippen LogP contribution in [-0.4, -0.2) is 79.8 Å². The van der Waals surface area contributed by atoms with Crippen LogP contribution < -0.4 is 5.32 Å². The number of thiophene rings is 1. The molecule has 8 nitrogen and oxygen atoms in total. The van der Waals surface area contributed by atoms with Gasteiger partial charge in [0.2, 0.25) is 5.91 Å².